The maximum Gasteiger partial charge on any atom is 0.241 e. The molecular formula is C13H24OSi. The van der Waals surface area contributed by atoms with Gasteiger partial charge in [-0.3, -0.25) is 0 Å². The summed E-state index contributed by atoms with van der Waals surface area (Å²) in [4.78, 5) is 0. The molecule has 0 unspecified atom stereocenters. The lowest BCUT2D eigenvalue weighted by molar-refractivity contribution is 0.391. The molecule has 0 spiro atoms. The van der Waals surface area contributed by atoms with E-state index in [2.05, 4.69) is 26.2 Å². The third-order valence-electron chi connectivity index (χ3n) is 2.86. The molecule has 2 heteroatoms. The van der Waals surface area contributed by atoms with Gasteiger partial charge in [-0.05, 0) is 44.0 Å². The van der Waals surface area contributed by atoms with Crippen LogP contribution in [0.1, 0.15) is 32.1 Å². The fourth-order valence-corrected chi connectivity index (χ4v) is 2.48. The molecule has 1 fully saturated rings. The van der Waals surface area contributed by atoms with Crippen LogP contribution in [0, 0.1) is 5.92 Å². The smallest absolute Gasteiger partial charge is 0.241 e. The summed E-state index contributed by atoms with van der Waals surface area (Å²) in [6.45, 7) is 10.5. The van der Waals surface area contributed by atoms with Gasteiger partial charge in [-0.2, -0.15) is 0 Å². The van der Waals surface area contributed by atoms with Gasteiger partial charge in [0.2, 0.25) is 8.32 Å². The summed E-state index contributed by atoms with van der Waals surface area (Å²) in [7, 11) is -1.42. The van der Waals surface area contributed by atoms with Crippen LogP contribution in [0.3, 0.4) is 0 Å². The third kappa shape index (κ3) is 4.69. The molecule has 0 bridgehead atoms. The van der Waals surface area contributed by atoms with Crippen molar-refractivity contribution in [2.75, 3.05) is 0 Å². The van der Waals surface area contributed by atoms with E-state index in [1.54, 1.807) is 0 Å². The van der Waals surface area contributed by atoms with Crippen LogP contribution in [0.5, 0.6) is 0 Å². The standard InChI is InChI=1S/C13H24OSi/c1-5-12(11-14-15(2,3)4)13-9-7-6-8-10-13/h5,11,13H,1,6-10H2,2-4H3/b12-11+. The van der Waals surface area contributed by atoms with Crippen molar-refractivity contribution in [2.24, 2.45) is 5.92 Å². The van der Waals surface area contributed by atoms with Crippen LogP contribution in [0.15, 0.2) is 24.5 Å². The zero-order valence-corrected chi connectivity index (χ0v) is 11.4. The monoisotopic (exact) mass is 224 g/mol. The topological polar surface area (TPSA) is 9.23 Å². The molecule has 0 aliphatic heterocycles. The van der Waals surface area contributed by atoms with E-state index in [0.29, 0.717) is 5.92 Å². The summed E-state index contributed by atoms with van der Waals surface area (Å²) < 4.78 is 5.84. The third-order valence-corrected chi connectivity index (χ3v) is 3.69. The van der Waals surface area contributed by atoms with Crippen LogP contribution in [0.25, 0.3) is 0 Å². The van der Waals surface area contributed by atoms with Crippen LogP contribution in [-0.4, -0.2) is 8.32 Å². The first kappa shape index (κ1) is 12.6. The first-order valence-electron chi connectivity index (χ1n) is 6.03. The Bertz CT molecular complexity index is 231. The van der Waals surface area contributed by atoms with Gasteiger partial charge in [0.1, 0.15) is 0 Å². The molecule has 0 aromatic carbocycles. The van der Waals surface area contributed by atoms with Gasteiger partial charge in [-0.15, -0.1) is 0 Å². The van der Waals surface area contributed by atoms with E-state index in [9.17, 15) is 0 Å². The summed E-state index contributed by atoms with van der Waals surface area (Å²) in [5, 5.41) is 0. The average molecular weight is 224 g/mol. The molecule has 0 radical (unpaired) electrons. The fourth-order valence-electron chi connectivity index (χ4n) is 1.99. The molecule has 0 N–H and O–H groups in total. The zero-order chi connectivity index (χ0) is 11.3. The summed E-state index contributed by atoms with van der Waals surface area (Å²) in [5.74, 6) is 0.701. The number of hydrogen-bond donors (Lipinski definition) is 0. The second kappa shape index (κ2) is 5.55. The number of rotatable bonds is 4. The fraction of sp³-hybridized carbons (Fsp3) is 0.692. The molecule has 0 heterocycles. The van der Waals surface area contributed by atoms with E-state index < -0.39 is 8.32 Å². The largest absolute Gasteiger partial charge is 0.549 e. The summed E-state index contributed by atoms with van der Waals surface area (Å²) in [6, 6.07) is 0. The van der Waals surface area contributed by atoms with Gasteiger partial charge >= 0.3 is 0 Å². The van der Waals surface area contributed by atoms with Crippen LogP contribution in [0.4, 0.5) is 0 Å². The molecule has 1 rings (SSSR count). The maximum absolute atomic E-state index is 5.84. The Morgan fingerprint density at radius 3 is 2.27 bits per heavy atom. The Balaban J connectivity index is 2.57. The average Bonchev–Trinajstić information content (AvgIpc) is 2.19. The SMILES string of the molecule is C=C/C(=C\O[Si](C)(C)C)C1CCCCC1. The van der Waals surface area contributed by atoms with Crippen molar-refractivity contribution in [3.8, 4) is 0 Å². The van der Waals surface area contributed by atoms with Crippen molar-refractivity contribution in [3.63, 3.8) is 0 Å². The highest BCUT2D eigenvalue weighted by molar-refractivity contribution is 6.69. The van der Waals surface area contributed by atoms with E-state index in [4.69, 9.17) is 4.43 Å². The van der Waals surface area contributed by atoms with Gasteiger partial charge in [-0.1, -0.05) is 31.9 Å². The lowest BCUT2D eigenvalue weighted by Gasteiger charge is -2.24. The van der Waals surface area contributed by atoms with Gasteiger partial charge in [0.25, 0.3) is 0 Å². The van der Waals surface area contributed by atoms with Crippen LogP contribution < -0.4 is 0 Å². The molecule has 0 aromatic rings. The van der Waals surface area contributed by atoms with E-state index in [-0.39, 0.29) is 0 Å². The van der Waals surface area contributed by atoms with Gasteiger partial charge in [-0.25, -0.2) is 0 Å². The Kier molecular flexibility index (Phi) is 4.65. The Hall–Kier alpha value is -0.503. The molecule has 0 amide bonds. The minimum atomic E-state index is -1.42. The Morgan fingerprint density at radius 2 is 1.80 bits per heavy atom. The summed E-state index contributed by atoms with van der Waals surface area (Å²) in [6.07, 6.45) is 10.7. The molecule has 1 saturated carbocycles. The quantitative estimate of drug-likeness (QED) is 0.388. The van der Waals surface area contributed by atoms with E-state index in [1.807, 2.05) is 12.3 Å². The molecule has 1 aliphatic rings. The van der Waals surface area contributed by atoms with Crippen molar-refractivity contribution in [2.45, 2.75) is 51.7 Å². The summed E-state index contributed by atoms with van der Waals surface area (Å²) >= 11 is 0. The molecule has 15 heavy (non-hydrogen) atoms. The predicted molar refractivity (Wildman–Crippen MR) is 69.3 cm³/mol. The minimum Gasteiger partial charge on any atom is -0.549 e. The first-order valence-corrected chi connectivity index (χ1v) is 9.44. The van der Waals surface area contributed by atoms with Crippen molar-refractivity contribution in [3.05, 3.63) is 24.5 Å². The van der Waals surface area contributed by atoms with Crippen LogP contribution in [-0.2, 0) is 4.43 Å². The molecule has 86 valence electrons. The van der Waals surface area contributed by atoms with Crippen molar-refractivity contribution in [1.82, 2.24) is 0 Å². The van der Waals surface area contributed by atoms with E-state index >= 15 is 0 Å². The van der Waals surface area contributed by atoms with Crippen LogP contribution in [0.2, 0.25) is 19.6 Å². The van der Waals surface area contributed by atoms with Gasteiger partial charge in [0.15, 0.2) is 0 Å². The lowest BCUT2D eigenvalue weighted by Crippen LogP contribution is -2.22. The number of allylic oxidation sites excluding steroid dienone is 2. The first-order chi connectivity index (χ1) is 7.03. The lowest BCUT2D eigenvalue weighted by atomic mass is 9.84. The molecule has 0 atom stereocenters. The van der Waals surface area contributed by atoms with Crippen LogP contribution >= 0.6 is 0 Å². The molecule has 0 aromatic heterocycles. The Morgan fingerprint density at radius 1 is 1.20 bits per heavy atom. The van der Waals surface area contributed by atoms with Crippen molar-refractivity contribution < 1.29 is 4.43 Å². The predicted octanol–water partition coefficient (Wildman–Crippen LogP) is 4.49. The van der Waals surface area contributed by atoms with Crippen molar-refractivity contribution in [1.29, 1.82) is 0 Å². The highest BCUT2D eigenvalue weighted by atomic mass is 28.4. The van der Waals surface area contributed by atoms with Gasteiger partial charge in [0.05, 0.1) is 6.26 Å². The molecule has 0 saturated heterocycles. The van der Waals surface area contributed by atoms with Crippen molar-refractivity contribution >= 4 is 8.32 Å². The highest BCUT2D eigenvalue weighted by Crippen LogP contribution is 2.30. The summed E-state index contributed by atoms with van der Waals surface area (Å²) in [5.41, 5.74) is 1.32. The molecule has 1 aliphatic carbocycles. The minimum absolute atomic E-state index is 0.701. The number of hydrogen-bond acceptors (Lipinski definition) is 1. The maximum atomic E-state index is 5.84. The second-order valence-corrected chi connectivity index (χ2v) is 9.85. The van der Waals surface area contributed by atoms with E-state index in [1.165, 1.54) is 37.7 Å². The van der Waals surface area contributed by atoms with Gasteiger partial charge < -0.3 is 4.43 Å². The normalized spacial score (nSPS) is 20.1. The molecular weight excluding hydrogens is 200 g/mol. The van der Waals surface area contributed by atoms with E-state index in [0.717, 1.165) is 0 Å². The Labute approximate surface area is 95.4 Å². The van der Waals surface area contributed by atoms with Gasteiger partial charge in [0, 0.05) is 0 Å². The second-order valence-electron chi connectivity index (χ2n) is 5.39. The zero-order valence-electron chi connectivity index (χ0n) is 10.4. The highest BCUT2D eigenvalue weighted by Gasteiger charge is 2.18. The molecule has 1 nitrogen and oxygen atoms in total.